The molecule has 0 aliphatic heterocycles. The molecule has 10 heteroatoms. The second-order valence-corrected chi connectivity index (χ2v) is 10.3. The fourth-order valence-electron chi connectivity index (χ4n) is 3.72. The highest BCUT2D eigenvalue weighted by Gasteiger charge is 2.28. The van der Waals surface area contributed by atoms with Crippen molar-refractivity contribution in [1.82, 2.24) is 21.3 Å². The van der Waals surface area contributed by atoms with Gasteiger partial charge >= 0.3 is 5.97 Å². The van der Waals surface area contributed by atoms with E-state index in [1.807, 2.05) is 27.7 Å². The van der Waals surface area contributed by atoms with Gasteiger partial charge < -0.3 is 26.4 Å². The molecular weight excluding hydrogens is 488 g/mol. The van der Waals surface area contributed by atoms with Crippen LogP contribution in [0, 0.1) is 11.8 Å². The van der Waals surface area contributed by atoms with Gasteiger partial charge in [0.1, 0.15) is 23.5 Å². The largest absolute Gasteiger partial charge is 0.480 e. The van der Waals surface area contributed by atoms with Crippen molar-refractivity contribution in [3.05, 3.63) is 23.5 Å². The lowest BCUT2D eigenvalue weighted by Gasteiger charge is -2.24. The number of nitrogens with one attached hydrogen (secondary N) is 4. The Balaban J connectivity index is 5.26. The molecule has 0 aliphatic rings. The Labute approximate surface area is 227 Å². The van der Waals surface area contributed by atoms with Crippen LogP contribution in [-0.2, 0) is 24.0 Å². The second kappa shape index (κ2) is 19.0. The van der Waals surface area contributed by atoms with Gasteiger partial charge in [-0.15, -0.1) is 0 Å². The molecule has 0 saturated heterocycles. The van der Waals surface area contributed by atoms with Crippen LogP contribution in [-0.4, -0.2) is 46.8 Å². The van der Waals surface area contributed by atoms with Gasteiger partial charge in [-0.25, -0.2) is 4.79 Å². The Morgan fingerprint density at radius 2 is 1.24 bits per heavy atom. The van der Waals surface area contributed by atoms with E-state index in [-0.39, 0.29) is 42.0 Å². The minimum atomic E-state index is -1.15. The highest BCUT2D eigenvalue weighted by molar-refractivity contribution is 6.04. The first-order valence-corrected chi connectivity index (χ1v) is 13.6. The first-order chi connectivity index (χ1) is 17.9. The smallest absolute Gasteiger partial charge is 0.326 e. The van der Waals surface area contributed by atoms with Gasteiger partial charge in [-0.1, -0.05) is 72.5 Å². The molecule has 38 heavy (non-hydrogen) atoms. The van der Waals surface area contributed by atoms with Crippen LogP contribution < -0.4 is 21.3 Å². The number of hydrogen-bond acceptors (Lipinski definition) is 5. The van der Waals surface area contributed by atoms with Gasteiger partial charge in [0.25, 0.3) is 11.8 Å². The summed E-state index contributed by atoms with van der Waals surface area (Å²) in [6.45, 7) is 12.7. The van der Waals surface area contributed by atoms with Crippen molar-refractivity contribution in [1.29, 1.82) is 0 Å². The Morgan fingerprint density at radius 1 is 0.711 bits per heavy atom. The normalized spacial score (nSPS) is 13.6. The average molecular weight is 537 g/mol. The van der Waals surface area contributed by atoms with Gasteiger partial charge in [0.2, 0.25) is 11.8 Å². The van der Waals surface area contributed by atoms with E-state index in [0.717, 1.165) is 32.1 Å². The summed E-state index contributed by atoms with van der Waals surface area (Å²) < 4.78 is 0. The summed E-state index contributed by atoms with van der Waals surface area (Å²) in [6, 6.07) is -2.08. The Bertz CT molecular complexity index is 863. The Morgan fingerprint density at radius 3 is 1.74 bits per heavy atom. The maximum absolute atomic E-state index is 13.0. The summed E-state index contributed by atoms with van der Waals surface area (Å²) in [5.41, 5.74) is -0.0770. The third kappa shape index (κ3) is 14.5. The van der Waals surface area contributed by atoms with E-state index in [1.54, 1.807) is 13.8 Å². The monoisotopic (exact) mass is 536 g/mol. The Kier molecular flexibility index (Phi) is 17.4. The maximum atomic E-state index is 13.0. The molecule has 0 rings (SSSR count). The van der Waals surface area contributed by atoms with Crippen LogP contribution in [0.1, 0.15) is 99.8 Å². The summed E-state index contributed by atoms with van der Waals surface area (Å²) >= 11 is 0. The minimum Gasteiger partial charge on any atom is -0.480 e. The molecule has 0 radical (unpaired) electrons. The molecule has 0 aromatic heterocycles. The van der Waals surface area contributed by atoms with E-state index in [9.17, 15) is 29.1 Å². The lowest BCUT2D eigenvalue weighted by atomic mass is 10.0. The fourth-order valence-corrected chi connectivity index (χ4v) is 3.72. The van der Waals surface area contributed by atoms with Crippen molar-refractivity contribution < 1.29 is 29.1 Å². The summed E-state index contributed by atoms with van der Waals surface area (Å²) in [7, 11) is 0. The van der Waals surface area contributed by atoms with Crippen molar-refractivity contribution in [2.24, 2.45) is 11.8 Å². The summed E-state index contributed by atoms with van der Waals surface area (Å²) in [5.74, 6) is -3.33. The predicted octanol–water partition coefficient (Wildman–Crippen LogP) is 3.53. The maximum Gasteiger partial charge on any atom is 0.326 e. The van der Waals surface area contributed by atoms with Crippen molar-refractivity contribution in [2.75, 3.05) is 0 Å². The molecule has 4 amide bonds. The zero-order valence-corrected chi connectivity index (χ0v) is 24.1. The lowest BCUT2D eigenvalue weighted by molar-refractivity contribution is -0.142. The summed E-state index contributed by atoms with van der Waals surface area (Å²) in [5, 5.41) is 19.7. The number of hydrogen-bond donors (Lipinski definition) is 5. The lowest BCUT2D eigenvalue weighted by Crippen LogP contribution is -2.53. The van der Waals surface area contributed by atoms with E-state index in [1.165, 1.54) is 12.2 Å². The number of carbonyl (C=O) groups is 5. The molecule has 2 atom stereocenters. The van der Waals surface area contributed by atoms with Gasteiger partial charge in [-0.2, -0.15) is 0 Å². The third-order valence-electron chi connectivity index (χ3n) is 5.75. The van der Waals surface area contributed by atoms with E-state index in [4.69, 9.17) is 0 Å². The number of amides is 4. The zero-order chi connectivity index (χ0) is 29.3. The van der Waals surface area contributed by atoms with Crippen molar-refractivity contribution in [2.45, 2.75) is 112 Å². The van der Waals surface area contributed by atoms with Crippen molar-refractivity contribution in [3.63, 3.8) is 0 Å². The third-order valence-corrected chi connectivity index (χ3v) is 5.75. The number of carbonyl (C=O) groups excluding carboxylic acids is 4. The highest BCUT2D eigenvalue weighted by Crippen LogP contribution is 2.10. The molecule has 5 N–H and O–H groups in total. The molecule has 0 spiro atoms. The number of carboxylic acids is 1. The van der Waals surface area contributed by atoms with Crippen molar-refractivity contribution in [3.8, 4) is 0 Å². The zero-order valence-electron chi connectivity index (χ0n) is 24.1. The standard InChI is InChI=1S/C28H48N4O6/c1-8-11-12-13-14-15-24(33)29-20(9-2)25(34)30-21(10-3)26(35)31-22(16-18(4)5)27(36)32-23(28(37)38)17-19(6)7/h9-10,18-19,22-23H,8,11-17H2,1-7H3,(H,29,33)(H,30,34)(H,31,35)(H,32,36)(H,37,38). The van der Waals surface area contributed by atoms with Gasteiger partial charge in [0, 0.05) is 6.42 Å². The predicted molar refractivity (Wildman–Crippen MR) is 148 cm³/mol. The van der Waals surface area contributed by atoms with E-state index >= 15 is 0 Å². The number of unbranched alkanes of at least 4 members (excludes halogenated alkanes) is 4. The molecule has 0 aromatic carbocycles. The van der Waals surface area contributed by atoms with Gasteiger partial charge in [-0.05, 0) is 44.9 Å². The molecular formula is C28H48N4O6. The van der Waals surface area contributed by atoms with E-state index in [2.05, 4.69) is 28.2 Å². The highest BCUT2D eigenvalue weighted by atomic mass is 16.4. The number of aliphatic carboxylic acids is 1. The quantitative estimate of drug-likeness (QED) is 0.133. The molecule has 2 unspecified atom stereocenters. The van der Waals surface area contributed by atoms with Crippen molar-refractivity contribution >= 4 is 29.6 Å². The van der Waals surface area contributed by atoms with E-state index in [0.29, 0.717) is 6.42 Å². The SMILES string of the molecule is CC=C(NC(=O)CCCCCCC)C(=O)NC(=CC)C(=O)NC(CC(C)C)C(=O)NC(CC(C)C)C(=O)O. The Hall–Kier alpha value is -3.17. The number of carboxylic acid groups (broad SMARTS) is 1. The first-order valence-electron chi connectivity index (χ1n) is 13.6. The molecule has 0 fully saturated rings. The minimum absolute atomic E-state index is 0.0187. The topological polar surface area (TPSA) is 154 Å². The van der Waals surface area contributed by atoms with Crippen LogP contribution in [0.5, 0.6) is 0 Å². The van der Waals surface area contributed by atoms with Gasteiger partial charge in [0.15, 0.2) is 0 Å². The molecule has 10 nitrogen and oxygen atoms in total. The fraction of sp³-hybridized carbons (Fsp3) is 0.679. The van der Waals surface area contributed by atoms with Gasteiger partial charge in [-0.3, -0.25) is 19.2 Å². The molecule has 0 bridgehead atoms. The molecule has 0 heterocycles. The molecule has 216 valence electrons. The molecule has 0 aromatic rings. The van der Waals surface area contributed by atoms with Crippen LogP contribution >= 0.6 is 0 Å². The van der Waals surface area contributed by atoms with Crippen LogP contribution in [0.3, 0.4) is 0 Å². The second-order valence-electron chi connectivity index (χ2n) is 10.3. The summed E-state index contributed by atoms with van der Waals surface area (Å²) in [6.07, 6.45) is 8.61. The van der Waals surface area contributed by atoms with Crippen LogP contribution in [0.2, 0.25) is 0 Å². The van der Waals surface area contributed by atoms with Gasteiger partial charge in [0.05, 0.1) is 0 Å². The molecule has 0 saturated carbocycles. The van der Waals surface area contributed by atoms with Crippen LogP contribution in [0.4, 0.5) is 0 Å². The average Bonchev–Trinajstić information content (AvgIpc) is 2.83. The van der Waals surface area contributed by atoms with Crippen LogP contribution in [0.25, 0.3) is 0 Å². The molecule has 0 aliphatic carbocycles. The number of allylic oxidation sites excluding steroid dienone is 2. The first kappa shape index (κ1) is 34.8. The summed E-state index contributed by atoms with van der Waals surface area (Å²) in [4.78, 5) is 62.5. The van der Waals surface area contributed by atoms with E-state index < -0.39 is 35.8 Å². The number of rotatable bonds is 18. The van der Waals surface area contributed by atoms with Crippen LogP contribution in [0.15, 0.2) is 23.5 Å².